The molecule has 0 unspecified atom stereocenters. The largest absolute Gasteiger partial charge is 0.383 e. The van der Waals surface area contributed by atoms with Crippen molar-refractivity contribution in [3.05, 3.63) is 21.5 Å². The molecule has 0 aliphatic carbocycles. The molecule has 0 spiro atoms. The van der Waals surface area contributed by atoms with Crippen molar-refractivity contribution in [1.29, 1.82) is 0 Å². The van der Waals surface area contributed by atoms with Gasteiger partial charge in [-0.1, -0.05) is 0 Å². The first-order valence-electron chi connectivity index (χ1n) is 5.20. The summed E-state index contributed by atoms with van der Waals surface area (Å²) in [5.74, 6) is -0.128. The number of rotatable bonds is 1. The molecule has 1 aliphatic heterocycles. The number of nitrogens with zero attached hydrogens (tertiary/aromatic N) is 1. The summed E-state index contributed by atoms with van der Waals surface area (Å²) in [6.07, 6.45) is 1.10. The molecule has 15 heavy (non-hydrogen) atoms. The lowest BCUT2D eigenvalue weighted by Crippen LogP contribution is -2.23. The molecular weight excluding hydrogens is 306 g/mol. The molecule has 4 heteroatoms. The molecule has 1 aromatic rings. The second-order valence-electron chi connectivity index (χ2n) is 3.64. The van der Waals surface area contributed by atoms with Crippen LogP contribution in [-0.2, 0) is 0 Å². The highest BCUT2D eigenvalue weighted by atomic mass is 127. The van der Waals surface area contributed by atoms with E-state index in [-0.39, 0.29) is 5.82 Å². The SMILES string of the molecule is CCN1CCCNc2cc(I)c(F)cc21. The molecule has 82 valence electrons. The van der Waals surface area contributed by atoms with E-state index in [0.29, 0.717) is 3.57 Å². The van der Waals surface area contributed by atoms with Gasteiger partial charge in [-0.3, -0.25) is 0 Å². The monoisotopic (exact) mass is 320 g/mol. The van der Waals surface area contributed by atoms with Crippen molar-refractivity contribution in [3.8, 4) is 0 Å². The Kier molecular flexibility index (Phi) is 3.33. The van der Waals surface area contributed by atoms with E-state index in [1.54, 1.807) is 6.07 Å². The van der Waals surface area contributed by atoms with Crippen molar-refractivity contribution in [2.24, 2.45) is 0 Å². The van der Waals surface area contributed by atoms with E-state index in [2.05, 4.69) is 17.1 Å². The highest BCUT2D eigenvalue weighted by Crippen LogP contribution is 2.31. The van der Waals surface area contributed by atoms with Crippen LogP contribution in [0, 0.1) is 9.39 Å². The number of halogens is 2. The smallest absolute Gasteiger partial charge is 0.138 e. The number of benzene rings is 1. The summed E-state index contributed by atoms with van der Waals surface area (Å²) >= 11 is 2.03. The quantitative estimate of drug-likeness (QED) is 0.800. The van der Waals surface area contributed by atoms with E-state index in [9.17, 15) is 4.39 Å². The fourth-order valence-corrected chi connectivity index (χ4v) is 2.35. The van der Waals surface area contributed by atoms with Gasteiger partial charge in [0.15, 0.2) is 0 Å². The third kappa shape index (κ3) is 2.19. The van der Waals surface area contributed by atoms with Crippen molar-refractivity contribution < 1.29 is 4.39 Å². The number of fused-ring (bicyclic) bond motifs is 1. The Balaban J connectivity index is 2.46. The Bertz CT molecular complexity index is 368. The third-order valence-electron chi connectivity index (χ3n) is 2.68. The molecule has 0 amide bonds. The van der Waals surface area contributed by atoms with E-state index in [4.69, 9.17) is 0 Å². The first kappa shape index (κ1) is 11.0. The van der Waals surface area contributed by atoms with Gasteiger partial charge >= 0.3 is 0 Å². The number of anilines is 2. The van der Waals surface area contributed by atoms with Crippen molar-refractivity contribution in [3.63, 3.8) is 0 Å². The van der Waals surface area contributed by atoms with Gasteiger partial charge in [0.2, 0.25) is 0 Å². The van der Waals surface area contributed by atoms with Gasteiger partial charge in [-0.2, -0.15) is 0 Å². The standard InChI is InChI=1S/C11H14FIN2/c1-2-15-5-3-4-14-10-7-9(13)8(12)6-11(10)15/h6-7,14H,2-5H2,1H3. The molecule has 0 fully saturated rings. The highest BCUT2D eigenvalue weighted by molar-refractivity contribution is 14.1. The van der Waals surface area contributed by atoms with Gasteiger partial charge in [0.05, 0.1) is 14.9 Å². The van der Waals surface area contributed by atoms with E-state index in [1.807, 2.05) is 28.7 Å². The van der Waals surface area contributed by atoms with Crippen LogP contribution in [-0.4, -0.2) is 19.6 Å². The summed E-state index contributed by atoms with van der Waals surface area (Å²) in [5.41, 5.74) is 2.05. The molecule has 1 aliphatic rings. The van der Waals surface area contributed by atoms with Gasteiger partial charge in [0.1, 0.15) is 5.82 Å². The number of hydrogen-bond acceptors (Lipinski definition) is 2. The molecule has 0 saturated carbocycles. The number of hydrogen-bond donors (Lipinski definition) is 1. The molecule has 0 saturated heterocycles. The van der Waals surface area contributed by atoms with Crippen LogP contribution in [0.15, 0.2) is 12.1 Å². The summed E-state index contributed by atoms with van der Waals surface area (Å²) in [4.78, 5) is 2.22. The molecule has 0 bridgehead atoms. The Morgan fingerprint density at radius 2 is 2.33 bits per heavy atom. The lowest BCUT2D eigenvalue weighted by atomic mass is 10.2. The molecule has 0 radical (unpaired) electrons. The van der Waals surface area contributed by atoms with Crippen LogP contribution in [0.1, 0.15) is 13.3 Å². The van der Waals surface area contributed by atoms with Crippen LogP contribution >= 0.6 is 22.6 Å². The lowest BCUT2D eigenvalue weighted by molar-refractivity contribution is 0.619. The molecular formula is C11H14FIN2. The van der Waals surface area contributed by atoms with Crippen LogP contribution < -0.4 is 10.2 Å². The molecule has 2 nitrogen and oxygen atoms in total. The fraction of sp³-hybridized carbons (Fsp3) is 0.455. The predicted octanol–water partition coefficient (Wildman–Crippen LogP) is 3.07. The van der Waals surface area contributed by atoms with Crippen molar-refractivity contribution in [2.45, 2.75) is 13.3 Å². The van der Waals surface area contributed by atoms with Gasteiger partial charge in [-0.05, 0) is 42.0 Å². The predicted molar refractivity (Wildman–Crippen MR) is 70.1 cm³/mol. The van der Waals surface area contributed by atoms with Crippen molar-refractivity contribution >= 4 is 34.0 Å². The van der Waals surface area contributed by atoms with Crippen LogP contribution in [0.2, 0.25) is 0 Å². The summed E-state index contributed by atoms with van der Waals surface area (Å²) in [5, 5.41) is 3.34. The Morgan fingerprint density at radius 1 is 1.53 bits per heavy atom. The minimum Gasteiger partial charge on any atom is -0.383 e. The van der Waals surface area contributed by atoms with Crippen LogP contribution in [0.4, 0.5) is 15.8 Å². The molecule has 1 aromatic carbocycles. The first-order valence-corrected chi connectivity index (χ1v) is 6.28. The zero-order valence-electron chi connectivity index (χ0n) is 8.69. The summed E-state index contributed by atoms with van der Waals surface area (Å²) in [6.45, 7) is 4.99. The van der Waals surface area contributed by atoms with Gasteiger partial charge in [0.25, 0.3) is 0 Å². The second kappa shape index (κ2) is 4.55. The zero-order valence-corrected chi connectivity index (χ0v) is 10.8. The average molecular weight is 320 g/mol. The summed E-state index contributed by atoms with van der Waals surface area (Å²) in [6, 6.07) is 3.53. The van der Waals surface area contributed by atoms with E-state index in [0.717, 1.165) is 37.4 Å². The average Bonchev–Trinajstić information content (AvgIpc) is 2.41. The fourth-order valence-electron chi connectivity index (χ4n) is 1.88. The molecule has 2 rings (SSSR count). The Hall–Kier alpha value is -0.520. The summed E-state index contributed by atoms with van der Waals surface area (Å²) < 4.78 is 14.2. The topological polar surface area (TPSA) is 15.3 Å². The normalized spacial score (nSPS) is 15.5. The number of nitrogens with one attached hydrogen (secondary N) is 1. The van der Waals surface area contributed by atoms with E-state index < -0.39 is 0 Å². The van der Waals surface area contributed by atoms with Gasteiger partial charge in [0, 0.05) is 25.7 Å². The van der Waals surface area contributed by atoms with Crippen molar-refractivity contribution in [1.82, 2.24) is 0 Å². The van der Waals surface area contributed by atoms with E-state index in [1.165, 1.54) is 0 Å². The van der Waals surface area contributed by atoms with Crippen LogP contribution in [0.25, 0.3) is 0 Å². The van der Waals surface area contributed by atoms with Gasteiger partial charge in [-0.25, -0.2) is 4.39 Å². The zero-order chi connectivity index (χ0) is 10.8. The minimum atomic E-state index is -0.128. The van der Waals surface area contributed by atoms with Crippen LogP contribution in [0.3, 0.4) is 0 Å². The van der Waals surface area contributed by atoms with Gasteiger partial charge < -0.3 is 10.2 Å². The maximum Gasteiger partial charge on any atom is 0.138 e. The Morgan fingerprint density at radius 3 is 3.07 bits per heavy atom. The third-order valence-corrected chi connectivity index (χ3v) is 3.51. The first-order chi connectivity index (χ1) is 7.22. The Labute approximate surface area is 103 Å². The molecule has 0 atom stereocenters. The lowest BCUT2D eigenvalue weighted by Gasteiger charge is -2.22. The maximum absolute atomic E-state index is 13.5. The molecule has 0 aromatic heterocycles. The van der Waals surface area contributed by atoms with Crippen molar-refractivity contribution in [2.75, 3.05) is 29.9 Å². The maximum atomic E-state index is 13.5. The second-order valence-corrected chi connectivity index (χ2v) is 4.81. The van der Waals surface area contributed by atoms with E-state index >= 15 is 0 Å². The van der Waals surface area contributed by atoms with Crippen LogP contribution in [0.5, 0.6) is 0 Å². The molecule has 1 heterocycles. The van der Waals surface area contributed by atoms with Gasteiger partial charge in [-0.15, -0.1) is 0 Å². The minimum absolute atomic E-state index is 0.128. The summed E-state index contributed by atoms with van der Waals surface area (Å²) in [7, 11) is 0. The molecule has 1 N–H and O–H groups in total. The highest BCUT2D eigenvalue weighted by Gasteiger charge is 2.15.